The normalized spacial score (nSPS) is 13.2. The van der Waals surface area contributed by atoms with Crippen LogP contribution < -0.4 is 4.52 Å². The molecule has 0 fully saturated rings. The summed E-state index contributed by atoms with van der Waals surface area (Å²) in [5, 5.41) is 22.0. The highest BCUT2D eigenvalue weighted by atomic mass is 31.2. The van der Waals surface area contributed by atoms with Crippen molar-refractivity contribution in [1.82, 2.24) is 4.67 Å². The van der Waals surface area contributed by atoms with Crippen LogP contribution in [0.4, 0.5) is 11.4 Å². The highest BCUT2D eigenvalue weighted by molar-refractivity contribution is 7.56. The fourth-order valence-corrected chi connectivity index (χ4v) is 3.71. The number of benzene rings is 2. The SMILES string of the molecule is CN(C)P(=O)(Cc1ccccc1)Oc1ccc([N+](=O)[O-])cc1[N+](=O)[O-]. The van der Waals surface area contributed by atoms with Gasteiger partial charge in [-0.05, 0) is 25.7 Å². The Hall–Kier alpha value is -2.77. The Morgan fingerprint density at radius 2 is 1.68 bits per heavy atom. The molecule has 0 radical (unpaired) electrons. The highest BCUT2D eigenvalue weighted by Crippen LogP contribution is 2.53. The lowest BCUT2D eigenvalue weighted by Gasteiger charge is -2.25. The summed E-state index contributed by atoms with van der Waals surface area (Å²) in [6.07, 6.45) is 0.0367. The van der Waals surface area contributed by atoms with Gasteiger partial charge in [0.2, 0.25) is 5.75 Å². The lowest BCUT2D eigenvalue weighted by Crippen LogP contribution is -2.15. The van der Waals surface area contributed by atoms with Gasteiger partial charge in [-0.15, -0.1) is 0 Å². The van der Waals surface area contributed by atoms with E-state index in [9.17, 15) is 24.8 Å². The van der Waals surface area contributed by atoms with Gasteiger partial charge in [0.15, 0.2) is 0 Å². The van der Waals surface area contributed by atoms with Crippen LogP contribution in [0.2, 0.25) is 0 Å². The van der Waals surface area contributed by atoms with Crippen LogP contribution in [0.5, 0.6) is 5.75 Å². The van der Waals surface area contributed by atoms with Crippen LogP contribution in [0.25, 0.3) is 0 Å². The summed E-state index contributed by atoms with van der Waals surface area (Å²) in [7, 11) is -0.396. The van der Waals surface area contributed by atoms with Crippen LogP contribution in [0.3, 0.4) is 0 Å². The minimum absolute atomic E-state index is 0.0367. The minimum Gasteiger partial charge on any atom is -0.425 e. The van der Waals surface area contributed by atoms with Gasteiger partial charge in [-0.1, -0.05) is 30.3 Å². The average molecular weight is 365 g/mol. The molecule has 0 bridgehead atoms. The lowest BCUT2D eigenvalue weighted by atomic mass is 10.2. The molecular weight excluding hydrogens is 349 g/mol. The van der Waals surface area contributed by atoms with Crippen molar-refractivity contribution < 1.29 is 18.9 Å². The predicted octanol–water partition coefficient (Wildman–Crippen LogP) is 3.84. The molecule has 9 nitrogen and oxygen atoms in total. The molecule has 0 spiro atoms. The summed E-state index contributed by atoms with van der Waals surface area (Å²) in [6.45, 7) is 0. The summed E-state index contributed by atoms with van der Waals surface area (Å²) >= 11 is 0. The molecule has 0 aliphatic heterocycles. The number of non-ortho nitro benzene ring substituents is 1. The molecule has 1 atom stereocenters. The molecule has 2 aromatic rings. The van der Waals surface area contributed by atoms with E-state index in [4.69, 9.17) is 4.52 Å². The fraction of sp³-hybridized carbons (Fsp3) is 0.200. The number of hydrogen-bond acceptors (Lipinski definition) is 6. The predicted molar refractivity (Wildman–Crippen MR) is 91.8 cm³/mol. The smallest absolute Gasteiger partial charge is 0.323 e. The quantitative estimate of drug-likeness (QED) is 0.416. The Labute approximate surface area is 143 Å². The maximum atomic E-state index is 13.2. The van der Waals surface area contributed by atoms with E-state index in [0.29, 0.717) is 0 Å². The van der Waals surface area contributed by atoms with E-state index >= 15 is 0 Å². The second kappa shape index (κ2) is 7.42. The lowest BCUT2D eigenvalue weighted by molar-refractivity contribution is -0.394. The molecule has 10 heteroatoms. The number of nitro groups is 2. The Balaban J connectivity index is 2.41. The van der Waals surface area contributed by atoms with Crippen LogP contribution >= 0.6 is 7.52 Å². The minimum atomic E-state index is -3.48. The van der Waals surface area contributed by atoms with Gasteiger partial charge in [0.05, 0.1) is 22.1 Å². The van der Waals surface area contributed by atoms with Crippen molar-refractivity contribution in [2.75, 3.05) is 14.1 Å². The van der Waals surface area contributed by atoms with Crippen LogP contribution in [0.15, 0.2) is 48.5 Å². The first-order valence-corrected chi connectivity index (χ1v) is 8.92. The Morgan fingerprint density at radius 3 is 2.20 bits per heavy atom. The molecule has 2 aromatic carbocycles. The van der Waals surface area contributed by atoms with Gasteiger partial charge in [-0.25, -0.2) is 4.67 Å². The largest absolute Gasteiger partial charge is 0.425 e. The third-order valence-electron chi connectivity index (χ3n) is 3.43. The second-order valence-electron chi connectivity index (χ2n) is 5.39. The third-order valence-corrected chi connectivity index (χ3v) is 5.89. The first-order chi connectivity index (χ1) is 11.7. The van der Waals surface area contributed by atoms with E-state index in [1.807, 2.05) is 6.07 Å². The monoisotopic (exact) mass is 365 g/mol. The number of nitro benzene ring substituents is 2. The van der Waals surface area contributed by atoms with Gasteiger partial charge in [0, 0.05) is 6.07 Å². The maximum absolute atomic E-state index is 13.2. The van der Waals surface area contributed by atoms with E-state index in [0.717, 1.165) is 23.8 Å². The molecular formula is C15H16N3O6P. The van der Waals surface area contributed by atoms with Crippen molar-refractivity contribution in [2.45, 2.75) is 6.16 Å². The molecule has 0 aliphatic carbocycles. The van der Waals surface area contributed by atoms with Crippen molar-refractivity contribution >= 4 is 18.9 Å². The summed E-state index contributed by atoms with van der Waals surface area (Å²) in [4.78, 5) is 20.5. The molecule has 0 aromatic heterocycles. The second-order valence-corrected chi connectivity index (χ2v) is 7.96. The summed E-state index contributed by atoms with van der Waals surface area (Å²) in [5.74, 6) is -0.274. The molecule has 0 saturated heterocycles. The van der Waals surface area contributed by atoms with Crippen LogP contribution in [0.1, 0.15) is 5.56 Å². The summed E-state index contributed by atoms with van der Waals surface area (Å²) in [5.41, 5.74) is -0.310. The third kappa shape index (κ3) is 4.40. The van der Waals surface area contributed by atoms with Crippen LogP contribution in [-0.2, 0) is 10.7 Å². The summed E-state index contributed by atoms with van der Waals surface area (Å²) < 4.78 is 20.1. The average Bonchev–Trinajstić information content (AvgIpc) is 2.55. The number of hydrogen-bond donors (Lipinski definition) is 0. The number of rotatable bonds is 7. The van der Waals surface area contributed by atoms with Gasteiger partial charge < -0.3 is 4.52 Å². The zero-order valence-electron chi connectivity index (χ0n) is 13.6. The molecule has 25 heavy (non-hydrogen) atoms. The molecule has 132 valence electrons. The van der Waals surface area contributed by atoms with Crippen molar-refractivity contribution in [3.63, 3.8) is 0 Å². The van der Waals surface area contributed by atoms with Crippen LogP contribution in [0, 0.1) is 20.2 Å². The topological polar surface area (TPSA) is 116 Å². The van der Waals surface area contributed by atoms with Gasteiger partial charge in [0.1, 0.15) is 0 Å². The summed E-state index contributed by atoms with van der Waals surface area (Å²) in [6, 6.07) is 11.9. The van der Waals surface area contributed by atoms with Crippen LogP contribution in [-0.4, -0.2) is 28.6 Å². The van der Waals surface area contributed by atoms with Crippen molar-refractivity contribution in [1.29, 1.82) is 0 Å². The van der Waals surface area contributed by atoms with E-state index in [1.54, 1.807) is 38.4 Å². The van der Waals surface area contributed by atoms with Gasteiger partial charge in [-0.3, -0.25) is 24.8 Å². The first-order valence-electron chi connectivity index (χ1n) is 7.16. The molecule has 0 heterocycles. The Morgan fingerprint density at radius 1 is 1.04 bits per heavy atom. The van der Waals surface area contributed by atoms with Gasteiger partial charge in [0.25, 0.3) is 5.69 Å². The highest BCUT2D eigenvalue weighted by Gasteiger charge is 2.32. The molecule has 0 amide bonds. The zero-order chi connectivity index (χ0) is 18.6. The van der Waals surface area contributed by atoms with Crippen molar-refractivity contribution in [2.24, 2.45) is 0 Å². The molecule has 0 aliphatic rings. The fourth-order valence-electron chi connectivity index (χ4n) is 2.06. The first kappa shape index (κ1) is 18.6. The van der Waals surface area contributed by atoms with Crippen molar-refractivity contribution in [3.8, 4) is 5.75 Å². The molecule has 0 N–H and O–H groups in total. The molecule has 0 saturated carbocycles. The van der Waals surface area contributed by atoms with E-state index < -0.39 is 28.7 Å². The van der Waals surface area contributed by atoms with Crippen molar-refractivity contribution in [3.05, 3.63) is 74.3 Å². The van der Waals surface area contributed by atoms with E-state index in [-0.39, 0.29) is 11.9 Å². The Bertz CT molecular complexity index is 840. The maximum Gasteiger partial charge on any atom is 0.323 e. The van der Waals surface area contributed by atoms with E-state index in [2.05, 4.69) is 0 Å². The molecule has 1 unspecified atom stereocenters. The molecule has 2 rings (SSSR count). The zero-order valence-corrected chi connectivity index (χ0v) is 14.5. The van der Waals surface area contributed by atoms with Gasteiger partial charge in [-0.2, -0.15) is 0 Å². The van der Waals surface area contributed by atoms with E-state index in [1.165, 1.54) is 4.67 Å². The standard InChI is InChI=1S/C15H16N3O6P/c1-16(2)25(23,11-12-6-4-3-5-7-12)24-15-9-8-13(17(19)20)10-14(15)18(21)22/h3-10H,11H2,1-2H3. The number of nitrogens with zero attached hydrogens (tertiary/aromatic N) is 3. The van der Waals surface area contributed by atoms with Gasteiger partial charge >= 0.3 is 13.2 Å². The Kier molecular flexibility index (Phi) is 5.51.